The van der Waals surface area contributed by atoms with Crippen molar-refractivity contribution in [1.29, 1.82) is 0 Å². The van der Waals surface area contributed by atoms with Gasteiger partial charge in [-0.05, 0) is 58.7 Å². The van der Waals surface area contributed by atoms with Gasteiger partial charge in [-0.3, -0.25) is 4.79 Å². The van der Waals surface area contributed by atoms with Crippen LogP contribution in [0.5, 0.6) is 11.5 Å². The summed E-state index contributed by atoms with van der Waals surface area (Å²) in [4.78, 5) is 18.5. The smallest absolute Gasteiger partial charge is 0.241 e. The first-order chi connectivity index (χ1) is 17.8. The van der Waals surface area contributed by atoms with Crippen molar-refractivity contribution < 1.29 is 14.6 Å². The summed E-state index contributed by atoms with van der Waals surface area (Å²) in [5, 5.41) is 19.3. The fourth-order valence-corrected chi connectivity index (χ4v) is 5.11. The first kappa shape index (κ1) is 33.4. The molecule has 1 fully saturated rings. The minimum atomic E-state index is -0.376. The number of rotatable bonds is 6. The number of nitrogens with two attached hydrogens (primary N) is 1. The highest BCUT2D eigenvalue weighted by Gasteiger charge is 2.32. The minimum absolute atomic E-state index is 0. The Bertz CT molecular complexity index is 1280. The predicted molar refractivity (Wildman–Crippen MR) is 171 cm³/mol. The van der Waals surface area contributed by atoms with Crippen LogP contribution in [0, 0.1) is 0 Å². The number of aliphatic imine (C=N–C) groups is 1. The molecule has 5 N–H and O–H groups in total. The van der Waals surface area contributed by atoms with Gasteiger partial charge in [-0.25, -0.2) is 4.99 Å². The standard InChI is InChI=1S/C30H38N4O3S.2ClH/c1-29(2,3)22-14-19(15-23(26(22)35)30(4,5)6)34-28(36)24-16-21(17-32-24)37-20-11-9-18(10-12-20)33-27(31)25-8-7-13-38-25;;/h7-15,21,24,32,35H,16-17H2,1-6H3,(H2,31,33)(H,34,36);2*1H/t21-,24+;;/m0../s1. The molecule has 0 unspecified atom stereocenters. The van der Waals surface area contributed by atoms with Crippen LogP contribution in [-0.2, 0) is 15.6 Å². The van der Waals surface area contributed by atoms with Gasteiger partial charge < -0.3 is 26.2 Å². The number of amidine groups is 1. The summed E-state index contributed by atoms with van der Waals surface area (Å²) in [6.45, 7) is 12.9. The van der Waals surface area contributed by atoms with Crippen LogP contribution < -0.4 is 21.1 Å². The number of benzene rings is 2. The molecule has 40 heavy (non-hydrogen) atoms. The Morgan fingerprint density at radius 3 is 2.17 bits per heavy atom. The lowest BCUT2D eigenvalue weighted by atomic mass is 9.79. The molecule has 0 saturated carbocycles. The lowest BCUT2D eigenvalue weighted by Gasteiger charge is -2.28. The van der Waals surface area contributed by atoms with E-state index < -0.39 is 0 Å². The van der Waals surface area contributed by atoms with Gasteiger partial charge in [0.1, 0.15) is 23.4 Å². The van der Waals surface area contributed by atoms with E-state index in [2.05, 4.69) is 57.2 Å². The van der Waals surface area contributed by atoms with E-state index in [-0.39, 0.29) is 53.7 Å². The van der Waals surface area contributed by atoms with Crippen LogP contribution in [-0.4, -0.2) is 35.5 Å². The lowest BCUT2D eigenvalue weighted by molar-refractivity contribution is -0.117. The Morgan fingerprint density at radius 1 is 1.05 bits per heavy atom. The van der Waals surface area contributed by atoms with Crippen LogP contribution in [0.3, 0.4) is 0 Å². The number of hydrogen-bond acceptors (Lipinski definition) is 6. The Morgan fingerprint density at radius 2 is 1.65 bits per heavy atom. The summed E-state index contributed by atoms with van der Waals surface area (Å²) < 4.78 is 6.13. The van der Waals surface area contributed by atoms with Crippen molar-refractivity contribution >= 4 is 59.3 Å². The summed E-state index contributed by atoms with van der Waals surface area (Å²) in [7, 11) is 0. The Hall–Kier alpha value is -2.78. The first-order valence-corrected chi connectivity index (χ1v) is 13.8. The third kappa shape index (κ3) is 8.13. The van der Waals surface area contributed by atoms with Gasteiger partial charge in [-0.15, -0.1) is 36.2 Å². The van der Waals surface area contributed by atoms with Gasteiger partial charge in [0.25, 0.3) is 0 Å². The largest absolute Gasteiger partial charge is 0.507 e. The number of ether oxygens (including phenoxy) is 1. The van der Waals surface area contributed by atoms with Crippen LogP contribution in [0.4, 0.5) is 11.4 Å². The molecule has 1 aromatic heterocycles. The number of aromatic hydroxyl groups is 1. The van der Waals surface area contributed by atoms with Crippen molar-refractivity contribution in [2.75, 3.05) is 11.9 Å². The van der Waals surface area contributed by atoms with E-state index in [1.165, 1.54) is 0 Å². The van der Waals surface area contributed by atoms with Gasteiger partial charge in [0.15, 0.2) is 0 Å². The van der Waals surface area contributed by atoms with E-state index in [1.807, 2.05) is 53.9 Å². The van der Waals surface area contributed by atoms with Gasteiger partial charge in [0, 0.05) is 29.8 Å². The predicted octanol–water partition coefficient (Wildman–Crippen LogP) is 6.68. The number of amides is 1. The van der Waals surface area contributed by atoms with Crippen LogP contribution in [0.2, 0.25) is 0 Å². The molecule has 0 bridgehead atoms. The number of nitrogens with one attached hydrogen (secondary N) is 2. The number of carbonyl (C=O) groups excluding carboxylic acids is 1. The van der Waals surface area contributed by atoms with Crippen molar-refractivity contribution in [2.45, 2.75) is 70.9 Å². The molecule has 3 aromatic rings. The Balaban J connectivity index is 0.00000280. The molecule has 218 valence electrons. The van der Waals surface area contributed by atoms with Crippen molar-refractivity contribution in [3.8, 4) is 11.5 Å². The summed E-state index contributed by atoms with van der Waals surface area (Å²) in [6, 6.07) is 14.7. The van der Waals surface area contributed by atoms with E-state index in [4.69, 9.17) is 10.5 Å². The summed E-state index contributed by atoms with van der Waals surface area (Å²) in [5.41, 5.74) is 8.59. The highest BCUT2D eigenvalue weighted by molar-refractivity contribution is 7.12. The maximum Gasteiger partial charge on any atom is 0.241 e. The van der Waals surface area contributed by atoms with Crippen LogP contribution in [0.15, 0.2) is 58.9 Å². The minimum Gasteiger partial charge on any atom is -0.507 e. The SMILES string of the molecule is CC(C)(C)c1cc(NC(=O)[C@H]2C[C@H](Oc3ccc(N=C(N)c4cccs4)cc3)CN2)cc(C(C)(C)C)c1O.Cl.Cl. The lowest BCUT2D eigenvalue weighted by Crippen LogP contribution is -2.35. The zero-order chi connectivity index (χ0) is 27.7. The molecule has 2 aromatic carbocycles. The van der Waals surface area contributed by atoms with E-state index >= 15 is 0 Å². The number of nitrogens with zero attached hydrogens (tertiary/aromatic N) is 1. The summed E-state index contributed by atoms with van der Waals surface area (Å²) in [6.07, 6.45) is 0.416. The molecule has 0 aliphatic carbocycles. The van der Waals surface area contributed by atoms with E-state index in [0.717, 1.165) is 27.4 Å². The number of anilines is 1. The molecule has 1 aliphatic heterocycles. The van der Waals surface area contributed by atoms with Crippen LogP contribution in [0.25, 0.3) is 0 Å². The molecule has 1 aliphatic rings. The molecule has 2 atom stereocenters. The second-order valence-corrected chi connectivity index (χ2v) is 12.8. The number of phenolic OH excluding ortho intramolecular Hbond substituents is 1. The monoisotopic (exact) mass is 606 g/mol. The van der Waals surface area contributed by atoms with Gasteiger partial charge in [0.05, 0.1) is 16.6 Å². The third-order valence-electron chi connectivity index (χ3n) is 6.56. The van der Waals surface area contributed by atoms with Crippen molar-refractivity contribution in [3.63, 3.8) is 0 Å². The van der Waals surface area contributed by atoms with Crippen molar-refractivity contribution in [1.82, 2.24) is 5.32 Å². The van der Waals surface area contributed by atoms with E-state index in [9.17, 15) is 9.90 Å². The fraction of sp³-hybridized carbons (Fsp3) is 0.400. The highest BCUT2D eigenvalue weighted by atomic mass is 35.5. The Kier molecular flexibility index (Phi) is 11.1. The average molecular weight is 608 g/mol. The maximum absolute atomic E-state index is 13.1. The Labute approximate surface area is 253 Å². The molecule has 0 spiro atoms. The molecule has 0 radical (unpaired) electrons. The zero-order valence-electron chi connectivity index (χ0n) is 23.8. The normalized spacial score (nSPS) is 17.5. The molecular formula is C30H40Cl2N4O3S. The van der Waals surface area contributed by atoms with E-state index in [1.54, 1.807) is 11.3 Å². The number of phenols is 1. The average Bonchev–Trinajstić information content (AvgIpc) is 3.52. The molecule has 7 nitrogen and oxygen atoms in total. The topological polar surface area (TPSA) is 109 Å². The van der Waals surface area contributed by atoms with Crippen molar-refractivity contribution in [3.05, 3.63) is 69.9 Å². The molecule has 1 amide bonds. The third-order valence-corrected chi connectivity index (χ3v) is 7.46. The quantitative estimate of drug-likeness (QED) is 0.142. The van der Waals surface area contributed by atoms with Crippen LogP contribution >= 0.6 is 36.2 Å². The number of thiophene rings is 1. The van der Waals surface area contributed by atoms with Gasteiger partial charge in [-0.1, -0.05) is 47.6 Å². The highest BCUT2D eigenvalue weighted by Crippen LogP contribution is 2.41. The number of halogens is 2. The summed E-state index contributed by atoms with van der Waals surface area (Å²) >= 11 is 1.55. The molecule has 2 heterocycles. The van der Waals surface area contributed by atoms with Gasteiger partial charge in [0.2, 0.25) is 5.91 Å². The molecule has 10 heteroatoms. The molecule has 4 rings (SSSR count). The van der Waals surface area contributed by atoms with Crippen LogP contribution in [0.1, 0.15) is 64.0 Å². The van der Waals surface area contributed by atoms with Gasteiger partial charge >= 0.3 is 0 Å². The second-order valence-electron chi connectivity index (χ2n) is 11.8. The zero-order valence-corrected chi connectivity index (χ0v) is 26.2. The van der Waals surface area contributed by atoms with Crippen molar-refractivity contribution in [2.24, 2.45) is 10.7 Å². The summed E-state index contributed by atoms with van der Waals surface area (Å²) in [5.74, 6) is 1.38. The first-order valence-electron chi connectivity index (χ1n) is 12.9. The fourth-order valence-electron chi connectivity index (χ4n) is 4.48. The number of hydrogen-bond donors (Lipinski definition) is 4. The molecule has 1 saturated heterocycles. The number of carbonyl (C=O) groups is 1. The maximum atomic E-state index is 13.1. The molecular weight excluding hydrogens is 567 g/mol. The van der Waals surface area contributed by atoms with Gasteiger partial charge in [-0.2, -0.15) is 0 Å². The van der Waals surface area contributed by atoms with E-state index in [0.29, 0.717) is 30.2 Å². The second kappa shape index (κ2) is 13.3.